The molecule has 2 aromatic carbocycles. The first-order valence-electron chi connectivity index (χ1n) is 9.87. The number of sulfone groups is 1. The Balaban J connectivity index is 1.93. The highest BCUT2D eigenvalue weighted by atomic mass is 32.2. The molecular formula is C22H31N3O3S. The summed E-state index contributed by atoms with van der Waals surface area (Å²) in [4.78, 5) is 4.99. The number of rotatable bonds is 9. The van der Waals surface area contributed by atoms with E-state index < -0.39 is 9.84 Å². The van der Waals surface area contributed by atoms with E-state index in [0.29, 0.717) is 24.6 Å². The zero-order valence-electron chi connectivity index (χ0n) is 17.7. The van der Waals surface area contributed by atoms with Crippen molar-refractivity contribution >= 4 is 15.8 Å². The van der Waals surface area contributed by atoms with Crippen LogP contribution < -0.4 is 15.4 Å². The van der Waals surface area contributed by atoms with Gasteiger partial charge in [-0.2, -0.15) is 0 Å². The fourth-order valence-corrected chi connectivity index (χ4v) is 3.50. The lowest BCUT2D eigenvalue weighted by atomic mass is 10.1. The molecule has 0 fully saturated rings. The number of ether oxygens (including phenoxy) is 1. The number of nitrogens with zero attached hydrogens (tertiary/aromatic N) is 1. The van der Waals surface area contributed by atoms with Gasteiger partial charge in [-0.3, -0.25) is 0 Å². The predicted octanol–water partition coefficient (Wildman–Crippen LogP) is 3.10. The minimum absolute atomic E-state index is 0.342. The summed E-state index contributed by atoms with van der Waals surface area (Å²) >= 11 is 0. The topological polar surface area (TPSA) is 79.8 Å². The van der Waals surface area contributed by atoms with Gasteiger partial charge >= 0.3 is 0 Å². The van der Waals surface area contributed by atoms with Gasteiger partial charge in [0.1, 0.15) is 5.75 Å². The molecule has 2 aromatic rings. The monoisotopic (exact) mass is 417 g/mol. The van der Waals surface area contributed by atoms with Crippen LogP contribution in [0.4, 0.5) is 0 Å². The highest BCUT2D eigenvalue weighted by molar-refractivity contribution is 7.90. The van der Waals surface area contributed by atoms with Crippen molar-refractivity contribution in [3.63, 3.8) is 0 Å². The first-order valence-corrected chi connectivity index (χ1v) is 11.8. The molecule has 0 aliphatic rings. The quantitative estimate of drug-likeness (QED) is 0.484. The summed E-state index contributed by atoms with van der Waals surface area (Å²) in [5.41, 5.74) is 3.30. The fourth-order valence-electron chi connectivity index (χ4n) is 2.87. The van der Waals surface area contributed by atoms with Crippen LogP contribution in [0.1, 0.15) is 30.5 Å². The first kappa shape index (κ1) is 22.7. The smallest absolute Gasteiger partial charge is 0.191 e. The molecule has 0 spiro atoms. The summed E-state index contributed by atoms with van der Waals surface area (Å²) in [6, 6.07) is 13.1. The Hall–Kier alpha value is -2.54. The Morgan fingerprint density at radius 3 is 2.31 bits per heavy atom. The number of benzene rings is 2. The third-order valence-electron chi connectivity index (χ3n) is 4.36. The van der Waals surface area contributed by atoms with Gasteiger partial charge in [0.25, 0.3) is 0 Å². The van der Waals surface area contributed by atoms with Crippen LogP contribution in [-0.2, 0) is 22.8 Å². The molecule has 0 saturated heterocycles. The van der Waals surface area contributed by atoms with E-state index in [2.05, 4.69) is 21.7 Å². The van der Waals surface area contributed by atoms with E-state index in [9.17, 15) is 8.42 Å². The first-order chi connectivity index (χ1) is 13.8. The average molecular weight is 418 g/mol. The van der Waals surface area contributed by atoms with Crippen molar-refractivity contribution in [3.8, 4) is 5.75 Å². The average Bonchev–Trinajstić information content (AvgIpc) is 2.68. The molecule has 7 heteroatoms. The van der Waals surface area contributed by atoms with E-state index in [1.54, 1.807) is 12.1 Å². The van der Waals surface area contributed by atoms with Crippen molar-refractivity contribution in [2.45, 2.75) is 38.6 Å². The van der Waals surface area contributed by atoms with Gasteiger partial charge in [0, 0.05) is 19.3 Å². The van der Waals surface area contributed by atoms with Crippen LogP contribution in [0, 0.1) is 6.92 Å². The van der Waals surface area contributed by atoms with Gasteiger partial charge in [0.2, 0.25) is 0 Å². The van der Waals surface area contributed by atoms with Crippen LogP contribution in [0.2, 0.25) is 0 Å². The van der Waals surface area contributed by atoms with Gasteiger partial charge in [0.05, 0.1) is 18.0 Å². The SMILES string of the molecule is CCNC(=NCc1ccc(OCC)c(C)c1)NCCc1ccc(S(C)(=O)=O)cc1. The maximum Gasteiger partial charge on any atom is 0.191 e. The van der Waals surface area contributed by atoms with Crippen LogP contribution in [0.25, 0.3) is 0 Å². The lowest BCUT2D eigenvalue weighted by Gasteiger charge is -2.12. The van der Waals surface area contributed by atoms with Crippen molar-refractivity contribution in [1.29, 1.82) is 0 Å². The predicted molar refractivity (Wildman–Crippen MR) is 118 cm³/mol. The van der Waals surface area contributed by atoms with Crippen LogP contribution >= 0.6 is 0 Å². The van der Waals surface area contributed by atoms with Crippen LogP contribution in [-0.4, -0.2) is 40.3 Å². The van der Waals surface area contributed by atoms with E-state index in [1.165, 1.54) is 6.26 Å². The Kier molecular flexibility index (Phi) is 8.51. The normalized spacial score (nSPS) is 11.9. The molecule has 2 N–H and O–H groups in total. The third kappa shape index (κ3) is 7.42. The molecule has 0 unspecified atom stereocenters. The molecule has 0 aromatic heterocycles. The number of aliphatic imine (C=N–C) groups is 1. The molecule has 0 saturated carbocycles. The fraction of sp³-hybridized carbons (Fsp3) is 0.409. The maximum absolute atomic E-state index is 11.5. The Morgan fingerprint density at radius 2 is 1.72 bits per heavy atom. The summed E-state index contributed by atoms with van der Waals surface area (Å²) in [5.74, 6) is 1.67. The lowest BCUT2D eigenvalue weighted by Crippen LogP contribution is -2.38. The van der Waals surface area contributed by atoms with Crippen molar-refractivity contribution in [2.75, 3.05) is 26.0 Å². The van der Waals surface area contributed by atoms with Gasteiger partial charge in [-0.1, -0.05) is 24.3 Å². The van der Waals surface area contributed by atoms with Crippen LogP contribution in [0.3, 0.4) is 0 Å². The largest absolute Gasteiger partial charge is 0.494 e. The number of hydrogen-bond donors (Lipinski definition) is 2. The minimum Gasteiger partial charge on any atom is -0.494 e. The van der Waals surface area contributed by atoms with Gasteiger partial charge in [-0.25, -0.2) is 13.4 Å². The third-order valence-corrected chi connectivity index (χ3v) is 5.49. The van der Waals surface area contributed by atoms with Gasteiger partial charge in [0.15, 0.2) is 15.8 Å². The molecule has 6 nitrogen and oxygen atoms in total. The molecular weight excluding hydrogens is 386 g/mol. The van der Waals surface area contributed by atoms with Crippen molar-refractivity contribution in [1.82, 2.24) is 10.6 Å². The Bertz CT molecular complexity index is 923. The van der Waals surface area contributed by atoms with E-state index in [-0.39, 0.29) is 0 Å². The van der Waals surface area contributed by atoms with E-state index in [4.69, 9.17) is 4.74 Å². The Morgan fingerprint density at radius 1 is 1.03 bits per heavy atom. The summed E-state index contributed by atoms with van der Waals surface area (Å²) < 4.78 is 28.7. The van der Waals surface area contributed by atoms with Crippen molar-refractivity contribution in [3.05, 3.63) is 59.2 Å². The second-order valence-corrected chi connectivity index (χ2v) is 8.84. The summed E-state index contributed by atoms with van der Waals surface area (Å²) in [7, 11) is -3.16. The minimum atomic E-state index is -3.16. The Labute approximate surface area is 174 Å². The lowest BCUT2D eigenvalue weighted by molar-refractivity contribution is 0.338. The van der Waals surface area contributed by atoms with Crippen molar-refractivity contribution < 1.29 is 13.2 Å². The van der Waals surface area contributed by atoms with Gasteiger partial charge in [-0.15, -0.1) is 0 Å². The number of aryl methyl sites for hydroxylation is 1. The maximum atomic E-state index is 11.5. The molecule has 0 aliphatic heterocycles. The summed E-state index contributed by atoms with van der Waals surface area (Å²) in [6.07, 6.45) is 1.99. The molecule has 29 heavy (non-hydrogen) atoms. The molecule has 0 radical (unpaired) electrons. The van der Waals surface area contributed by atoms with E-state index in [0.717, 1.165) is 41.4 Å². The standard InChI is InChI=1S/C22H31N3O3S/c1-5-23-22(25-16-19-9-12-21(28-6-2)17(3)15-19)24-14-13-18-7-10-20(11-8-18)29(4,26)27/h7-12,15H,5-6,13-14,16H2,1-4H3,(H2,23,24,25). The van der Waals surface area contributed by atoms with E-state index >= 15 is 0 Å². The van der Waals surface area contributed by atoms with Gasteiger partial charge < -0.3 is 15.4 Å². The van der Waals surface area contributed by atoms with Crippen LogP contribution in [0.5, 0.6) is 5.75 Å². The molecule has 158 valence electrons. The number of nitrogens with one attached hydrogen (secondary N) is 2. The molecule has 0 amide bonds. The highest BCUT2D eigenvalue weighted by Crippen LogP contribution is 2.19. The summed E-state index contributed by atoms with van der Waals surface area (Å²) in [5, 5.41) is 6.58. The summed E-state index contributed by atoms with van der Waals surface area (Å²) in [6.45, 7) is 8.75. The molecule has 0 aliphatic carbocycles. The van der Waals surface area contributed by atoms with Crippen molar-refractivity contribution in [2.24, 2.45) is 4.99 Å². The zero-order chi connectivity index (χ0) is 21.3. The molecule has 2 rings (SSSR count). The highest BCUT2D eigenvalue weighted by Gasteiger charge is 2.06. The zero-order valence-corrected chi connectivity index (χ0v) is 18.5. The molecule has 0 heterocycles. The van der Waals surface area contributed by atoms with E-state index in [1.807, 2.05) is 45.0 Å². The number of hydrogen-bond acceptors (Lipinski definition) is 4. The molecule has 0 bridgehead atoms. The second kappa shape index (κ2) is 10.9. The molecule has 0 atom stereocenters. The van der Waals surface area contributed by atoms with Crippen LogP contribution in [0.15, 0.2) is 52.4 Å². The number of guanidine groups is 1. The second-order valence-electron chi connectivity index (χ2n) is 6.82. The van der Waals surface area contributed by atoms with Gasteiger partial charge in [-0.05, 0) is 62.1 Å².